The highest BCUT2D eigenvalue weighted by molar-refractivity contribution is 5.16. The van der Waals surface area contributed by atoms with Gasteiger partial charge in [-0.3, -0.25) is 0 Å². The Morgan fingerprint density at radius 2 is 1.58 bits per heavy atom. The van der Waals surface area contributed by atoms with E-state index in [1.54, 1.807) is 0 Å². The van der Waals surface area contributed by atoms with E-state index in [4.69, 9.17) is 9.47 Å². The van der Waals surface area contributed by atoms with Crippen LogP contribution in [0, 0.1) is 52.3 Å². The minimum absolute atomic E-state index is 0.191. The van der Waals surface area contributed by atoms with Crippen molar-refractivity contribution in [2.75, 3.05) is 6.61 Å². The summed E-state index contributed by atoms with van der Waals surface area (Å²) in [7, 11) is 0. The van der Waals surface area contributed by atoms with E-state index >= 15 is 0 Å². The van der Waals surface area contributed by atoms with E-state index in [0.717, 1.165) is 45.1 Å². The largest absolute Gasteiger partial charge is 0.393 e. The van der Waals surface area contributed by atoms with Crippen molar-refractivity contribution in [2.24, 2.45) is 52.3 Å². The molecule has 4 nitrogen and oxygen atoms in total. The van der Waals surface area contributed by atoms with Crippen LogP contribution in [0.15, 0.2) is 0 Å². The third-order valence-electron chi connectivity index (χ3n) is 11.9. The molecule has 176 valence electrons. The van der Waals surface area contributed by atoms with Crippen LogP contribution in [0.3, 0.4) is 0 Å². The second kappa shape index (κ2) is 6.93. The lowest BCUT2D eigenvalue weighted by Gasteiger charge is -2.62. The Morgan fingerprint density at radius 3 is 2.32 bits per heavy atom. The summed E-state index contributed by atoms with van der Waals surface area (Å²) >= 11 is 0. The lowest BCUT2D eigenvalue weighted by Crippen LogP contribution is -2.58. The van der Waals surface area contributed by atoms with Crippen LogP contribution in [0.1, 0.15) is 85.5 Å². The summed E-state index contributed by atoms with van der Waals surface area (Å²) in [5.41, 5.74) is 0.495. The predicted molar refractivity (Wildman–Crippen MR) is 119 cm³/mol. The molecule has 2 aliphatic heterocycles. The van der Waals surface area contributed by atoms with Crippen LogP contribution < -0.4 is 0 Å². The standard InChI is InChI=1S/C27H44O4/c1-15-5-10-27(30-14-15)16(2)24-23(31-27)13-20-18-12-22(29)21-11-17(28)6-8-25(21,3)19(18)7-9-26(20,24)4/h15-24,28-29H,5-14H2,1-4H3/t15-,16-,17-,18+,19-,20-,21+,22-,23-,24?,25+,26-,27?/m0/s1. The Morgan fingerprint density at radius 1 is 0.806 bits per heavy atom. The van der Waals surface area contributed by atoms with E-state index in [-0.39, 0.29) is 29.3 Å². The molecule has 6 rings (SSSR count). The molecule has 0 aromatic heterocycles. The van der Waals surface area contributed by atoms with Crippen molar-refractivity contribution in [3.8, 4) is 0 Å². The minimum atomic E-state index is -0.338. The smallest absolute Gasteiger partial charge is 0.171 e. The van der Waals surface area contributed by atoms with Crippen molar-refractivity contribution in [3.63, 3.8) is 0 Å². The molecule has 6 aliphatic rings. The van der Waals surface area contributed by atoms with Gasteiger partial charge in [0.2, 0.25) is 0 Å². The predicted octanol–water partition coefficient (Wildman–Crippen LogP) is 4.76. The summed E-state index contributed by atoms with van der Waals surface area (Å²) in [5, 5.41) is 21.5. The Labute approximate surface area is 188 Å². The third-order valence-corrected chi connectivity index (χ3v) is 11.9. The molecular formula is C27H44O4. The van der Waals surface area contributed by atoms with Gasteiger partial charge in [-0.2, -0.15) is 0 Å². The van der Waals surface area contributed by atoms with Crippen LogP contribution in [0.2, 0.25) is 0 Å². The first-order valence-electron chi connectivity index (χ1n) is 13.4. The molecule has 4 aliphatic carbocycles. The zero-order chi connectivity index (χ0) is 21.8. The van der Waals surface area contributed by atoms with E-state index in [1.165, 1.54) is 19.3 Å². The summed E-state index contributed by atoms with van der Waals surface area (Å²) in [6.45, 7) is 10.6. The van der Waals surface area contributed by atoms with Crippen LogP contribution in [0.25, 0.3) is 0 Å². The van der Waals surface area contributed by atoms with Gasteiger partial charge in [0.15, 0.2) is 5.79 Å². The van der Waals surface area contributed by atoms with E-state index in [9.17, 15) is 10.2 Å². The van der Waals surface area contributed by atoms with Gasteiger partial charge in [-0.1, -0.05) is 27.7 Å². The Kier molecular flexibility index (Phi) is 4.78. The number of fused-ring (bicyclic) bond motifs is 7. The number of aliphatic hydroxyl groups excluding tert-OH is 2. The highest BCUT2D eigenvalue weighted by Crippen LogP contribution is 2.71. The van der Waals surface area contributed by atoms with Gasteiger partial charge in [0, 0.05) is 12.3 Å². The summed E-state index contributed by atoms with van der Waals surface area (Å²) in [4.78, 5) is 0. The fourth-order valence-corrected chi connectivity index (χ4v) is 10.3. The van der Waals surface area contributed by atoms with Crippen LogP contribution in [0.4, 0.5) is 0 Å². The summed E-state index contributed by atoms with van der Waals surface area (Å²) in [6.07, 6.45) is 9.58. The normalized spacial score (nSPS) is 63.3. The average Bonchev–Trinajstić information content (AvgIpc) is 3.17. The first-order chi connectivity index (χ1) is 14.7. The van der Waals surface area contributed by atoms with Crippen molar-refractivity contribution >= 4 is 0 Å². The molecule has 2 N–H and O–H groups in total. The molecule has 2 saturated heterocycles. The van der Waals surface area contributed by atoms with Crippen LogP contribution >= 0.6 is 0 Å². The molecule has 4 saturated carbocycles. The molecule has 13 atom stereocenters. The summed E-state index contributed by atoms with van der Waals surface area (Å²) < 4.78 is 13.3. The van der Waals surface area contributed by atoms with E-state index in [1.807, 2.05) is 0 Å². The van der Waals surface area contributed by atoms with Crippen molar-refractivity contribution in [3.05, 3.63) is 0 Å². The highest BCUT2D eigenvalue weighted by atomic mass is 16.7. The average molecular weight is 433 g/mol. The maximum absolute atomic E-state index is 11.2. The van der Waals surface area contributed by atoms with Crippen LogP contribution in [-0.4, -0.2) is 40.9 Å². The molecule has 6 fully saturated rings. The van der Waals surface area contributed by atoms with Crippen molar-refractivity contribution in [1.29, 1.82) is 0 Å². The first kappa shape index (κ1) is 21.4. The Bertz CT molecular complexity index is 716. The van der Waals surface area contributed by atoms with Gasteiger partial charge in [0.05, 0.1) is 24.9 Å². The Hall–Kier alpha value is -0.160. The van der Waals surface area contributed by atoms with Gasteiger partial charge in [-0.25, -0.2) is 0 Å². The molecule has 0 bridgehead atoms. The van der Waals surface area contributed by atoms with E-state index in [0.29, 0.717) is 47.0 Å². The molecule has 2 heterocycles. The molecule has 0 aromatic carbocycles. The van der Waals surface area contributed by atoms with Gasteiger partial charge in [-0.05, 0) is 97.7 Å². The van der Waals surface area contributed by atoms with Crippen molar-refractivity contribution in [1.82, 2.24) is 0 Å². The van der Waals surface area contributed by atoms with Crippen LogP contribution in [-0.2, 0) is 9.47 Å². The number of hydrogen-bond donors (Lipinski definition) is 2. The molecule has 0 amide bonds. The van der Waals surface area contributed by atoms with Gasteiger partial charge in [0.25, 0.3) is 0 Å². The minimum Gasteiger partial charge on any atom is -0.393 e. The first-order valence-corrected chi connectivity index (χ1v) is 13.4. The van der Waals surface area contributed by atoms with Crippen molar-refractivity contribution < 1.29 is 19.7 Å². The molecule has 2 unspecified atom stereocenters. The lowest BCUT2D eigenvalue weighted by molar-refractivity contribution is -0.273. The molecule has 0 aromatic rings. The van der Waals surface area contributed by atoms with E-state index in [2.05, 4.69) is 27.7 Å². The second-order valence-corrected chi connectivity index (χ2v) is 13.2. The zero-order valence-corrected chi connectivity index (χ0v) is 20.1. The third kappa shape index (κ3) is 2.80. The maximum Gasteiger partial charge on any atom is 0.171 e. The summed E-state index contributed by atoms with van der Waals surface area (Å²) in [6, 6.07) is 0. The lowest BCUT2D eigenvalue weighted by atomic mass is 9.43. The monoisotopic (exact) mass is 432 g/mol. The van der Waals surface area contributed by atoms with Gasteiger partial charge in [-0.15, -0.1) is 0 Å². The highest BCUT2D eigenvalue weighted by Gasteiger charge is 2.69. The number of ether oxygens (including phenoxy) is 2. The van der Waals surface area contributed by atoms with Gasteiger partial charge >= 0.3 is 0 Å². The fraction of sp³-hybridized carbons (Fsp3) is 1.00. The van der Waals surface area contributed by atoms with E-state index < -0.39 is 0 Å². The SMILES string of the molecule is C[C@H]1CCC2(OC1)O[C@H]1C[C@H]3[C@@H]4C[C@H](O)[C@H]5C[C@@H](O)CC[C@]5(C)[C@H]4CC[C@]3(C)C1[C@@H]2C. The molecule has 4 heteroatoms. The fourth-order valence-electron chi connectivity index (χ4n) is 10.3. The number of aliphatic hydroxyl groups is 2. The molecular weight excluding hydrogens is 388 g/mol. The number of rotatable bonds is 0. The van der Waals surface area contributed by atoms with Gasteiger partial charge in [0.1, 0.15) is 0 Å². The topological polar surface area (TPSA) is 58.9 Å². The maximum atomic E-state index is 11.2. The van der Waals surface area contributed by atoms with Crippen molar-refractivity contribution in [2.45, 2.75) is 110 Å². The second-order valence-electron chi connectivity index (χ2n) is 13.2. The van der Waals surface area contributed by atoms with Gasteiger partial charge < -0.3 is 19.7 Å². The molecule has 1 spiro atoms. The molecule has 0 radical (unpaired) electrons. The summed E-state index contributed by atoms with van der Waals surface area (Å²) in [5.74, 6) is 3.58. The Balaban J connectivity index is 1.28. The quantitative estimate of drug-likeness (QED) is 0.579. The molecule has 31 heavy (non-hydrogen) atoms. The van der Waals surface area contributed by atoms with Crippen LogP contribution in [0.5, 0.6) is 0 Å². The zero-order valence-electron chi connectivity index (χ0n) is 20.1. The number of hydrogen-bond acceptors (Lipinski definition) is 4.